The monoisotopic (exact) mass is 285 g/mol. The Morgan fingerprint density at radius 3 is 2.55 bits per heavy atom. The topological polar surface area (TPSA) is 41.6 Å². The second kappa shape index (κ2) is 5.11. The third-order valence-electron chi connectivity index (χ3n) is 3.83. The molecule has 1 N–H and O–H groups in total. The Labute approximate surface area is 128 Å². The van der Waals surface area contributed by atoms with Crippen LogP contribution in [0.15, 0.2) is 66.9 Å². The number of H-pyrrole nitrogens is 1. The largest absolute Gasteiger partial charge is 0.277 e. The van der Waals surface area contributed by atoms with Gasteiger partial charge in [0.2, 0.25) is 0 Å². The Balaban J connectivity index is 1.74. The van der Waals surface area contributed by atoms with Gasteiger partial charge in [-0.2, -0.15) is 5.10 Å². The summed E-state index contributed by atoms with van der Waals surface area (Å²) in [5, 5.41) is 8.66. The SMILES string of the molecule is Cc1ccc(-c2cc(-c3cnc4ccccc4c3)n[nH]2)cc1. The summed E-state index contributed by atoms with van der Waals surface area (Å²) in [5.74, 6) is 0. The molecular weight excluding hydrogens is 270 g/mol. The fourth-order valence-electron chi connectivity index (χ4n) is 2.56. The number of hydrogen-bond acceptors (Lipinski definition) is 2. The van der Waals surface area contributed by atoms with Gasteiger partial charge in [-0.05, 0) is 30.7 Å². The number of nitrogens with zero attached hydrogens (tertiary/aromatic N) is 2. The highest BCUT2D eigenvalue weighted by atomic mass is 15.1. The summed E-state index contributed by atoms with van der Waals surface area (Å²) in [4.78, 5) is 4.50. The van der Waals surface area contributed by atoms with E-state index in [-0.39, 0.29) is 0 Å². The molecule has 106 valence electrons. The molecule has 2 heterocycles. The Kier molecular flexibility index (Phi) is 2.97. The maximum absolute atomic E-state index is 4.50. The molecule has 0 bridgehead atoms. The second-order valence-corrected chi connectivity index (χ2v) is 5.45. The van der Waals surface area contributed by atoms with E-state index in [0.717, 1.165) is 33.4 Å². The first-order chi connectivity index (χ1) is 10.8. The van der Waals surface area contributed by atoms with Crippen molar-refractivity contribution in [2.75, 3.05) is 0 Å². The maximum Gasteiger partial charge on any atom is 0.0942 e. The molecule has 0 radical (unpaired) electrons. The Morgan fingerprint density at radius 1 is 0.864 bits per heavy atom. The number of benzene rings is 2. The molecule has 4 rings (SSSR count). The van der Waals surface area contributed by atoms with Crippen molar-refractivity contribution in [1.29, 1.82) is 0 Å². The van der Waals surface area contributed by atoms with E-state index in [1.807, 2.05) is 24.4 Å². The van der Waals surface area contributed by atoms with E-state index in [2.05, 4.69) is 64.6 Å². The quantitative estimate of drug-likeness (QED) is 0.584. The number of nitrogens with one attached hydrogen (secondary N) is 1. The minimum Gasteiger partial charge on any atom is -0.277 e. The van der Waals surface area contributed by atoms with Crippen molar-refractivity contribution in [3.8, 4) is 22.5 Å². The van der Waals surface area contributed by atoms with Crippen LogP contribution in [0.25, 0.3) is 33.4 Å². The number of hydrogen-bond donors (Lipinski definition) is 1. The van der Waals surface area contributed by atoms with Crippen LogP contribution in [0.1, 0.15) is 5.56 Å². The van der Waals surface area contributed by atoms with Crippen LogP contribution in [0.5, 0.6) is 0 Å². The molecule has 0 amide bonds. The van der Waals surface area contributed by atoms with Gasteiger partial charge in [-0.25, -0.2) is 0 Å². The van der Waals surface area contributed by atoms with Gasteiger partial charge in [-0.3, -0.25) is 10.1 Å². The summed E-state index contributed by atoms with van der Waals surface area (Å²) in [6, 6.07) is 20.7. The minimum atomic E-state index is 0.911. The number of para-hydroxylation sites is 1. The zero-order chi connectivity index (χ0) is 14.9. The van der Waals surface area contributed by atoms with Gasteiger partial charge in [0.25, 0.3) is 0 Å². The van der Waals surface area contributed by atoms with E-state index in [1.54, 1.807) is 0 Å². The summed E-state index contributed by atoms with van der Waals surface area (Å²) in [6.07, 6.45) is 1.87. The van der Waals surface area contributed by atoms with E-state index < -0.39 is 0 Å². The van der Waals surface area contributed by atoms with Crippen LogP contribution in [0.4, 0.5) is 0 Å². The molecule has 0 unspecified atom stereocenters. The summed E-state index contributed by atoms with van der Waals surface area (Å²) < 4.78 is 0. The Bertz CT molecular complexity index is 936. The summed E-state index contributed by atoms with van der Waals surface area (Å²) in [5.41, 5.74) is 6.34. The predicted octanol–water partition coefficient (Wildman–Crippen LogP) is 4.60. The van der Waals surface area contributed by atoms with Gasteiger partial charge >= 0.3 is 0 Å². The van der Waals surface area contributed by atoms with Crippen molar-refractivity contribution in [2.24, 2.45) is 0 Å². The predicted molar refractivity (Wildman–Crippen MR) is 89.5 cm³/mol. The van der Waals surface area contributed by atoms with Crippen LogP contribution in [0, 0.1) is 6.92 Å². The average Bonchev–Trinajstić information content (AvgIpc) is 3.05. The minimum absolute atomic E-state index is 0.911. The molecule has 22 heavy (non-hydrogen) atoms. The highest BCUT2D eigenvalue weighted by molar-refractivity contribution is 5.83. The summed E-state index contributed by atoms with van der Waals surface area (Å²) >= 11 is 0. The Morgan fingerprint density at radius 2 is 1.68 bits per heavy atom. The van der Waals surface area contributed by atoms with Crippen LogP contribution in [0.2, 0.25) is 0 Å². The van der Waals surface area contributed by atoms with Crippen LogP contribution in [-0.2, 0) is 0 Å². The standard InChI is InChI=1S/C19H15N3/c1-13-6-8-14(9-7-13)18-11-19(22-21-18)16-10-15-4-2-3-5-17(15)20-12-16/h2-12H,1H3,(H,21,22). The molecular formula is C19H15N3. The molecule has 0 aliphatic heterocycles. The second-order valence-electron chi connectivity index (χ2n) is 5.45. The fraction of sp³-hybridized carbons (Fsp3) is 0.0526. The molecule has 2 aromatic heterocycles. The number of aryl methyl sites for hydroxylation is 1. The van der Waals surface area contributed by atoms with Crippen molar-refractivity contribution >= 4 is 10.9 Å². The number of fused-ring (bicyclic) bond motifs is 1. The lowest BCUT2D eigenvalue weighted by molar-refractivity contribution is 1.10. The normalized spacial score (nSPS) is 11.0. The van der Waals surface area contributed by atoms with E-state index in [9.17, 15) is 0 Å². The number of pyridine rings is 1. The first-order valence-corrected chi connectivity index (χ1v) is 7.27. The highest BCUT2D eigenvalue weighted by Gasteiger charge is 2.07. The van der Waals surface area contributed by atoms with Crippen molar-refractivity contribution in [1.82, 2.24) is 15.2 Å². The molecule has 0 spiro atoms. The summed E-state index contributed by atoms with van der Waals surface area (Å²) in [7, 11) is 0. The molecule has 2 aromatic carbocycles. The van der Waals surface area contributed by atoms with Crippen LogP contribution >= 0.6 is 0 Å². The van der Waals surface area contributed by atoms with Gasteiger partial charge < -0.3 is 0 Å². The van der Waals surface area contributed by atoms with Crippen molar-refractivity contribution in [2.45, 2.75) is 6.92 Å². The lowest BCUT2D eigenvalue weighted by Crippen LogP contribution is -1.82. The van der Waals surface area contributed by atoms with E-state index in [4.69, 9.17) is 0 Å². The molecule has 0 saturated carbocycles. The van der Waals surface area contributed by atoms with Gasteiger partial charge in [-0.15, -0.1) is 0 Å². The third-order valence-corrected chi connectivity index (χ3v) is 3.83. The first-order valence-electron chi connectivity index (χ1n) is 7.27. The molecule has 0 aliphatic rings. The van der Waals surface area contributed by atoms with Crippen LogP contribution in [-0.4, -0.2) is 15.2 Å². The lowest BCUT2D eigenvalue weighted by Gasteiger charge is -1.99. The van der Waals surface area contributed by atoms with Crippen molar-refractivity contribution in [3.63, 3.8) is 0 Å². The zero-order valence-electron chi connectivity index (χ0n) is 12.2. The smallest absolute Gasteiger partial charge is 0.0942 e. The molecule has 0 aliphatic carbocycles. The van der Waals surface area contributed by atoms with Crippen molar-refractivity contribution in [3.05, 3.63) is 72.4 Å². The van der Waals surface area contributed by atoms with Crippen LogP contribution < -0.4 is 0 Å². The molecule has 3 nitrogen and oxygen atoms in total. The highest BCUT2D eigenvalue weighted by Crippen LogP contribution is 2.25. The van der Waals surface area contributed by atoms with Crippen molar-refractivity contribution < 1.29 is 0 Å². The first kappa shape index (κ1) is 12.8. The maximum atomic E-state index is 4.50. The van der Waals surface area contributed by atoms with Crippen LogP contribution in [0.3, 0.4) is 0 Å². The molecule has 0 saturated heterocycles. The Hall–Kier alpha value is -2.94. The van der Waals surface area contributed by atoms with E-state index >= 15 is 0 Å². The number of aromatic amines is 1. The molecule has 4 aromatic rings. The average molecular weight is 285 g/mol. The van der Waals surface area contributed by atoms with Gasteiger partial charge in [0.1, 0.15) is 0 Å². The van der Waals surface area contributed by atoms with Gasteiger partial charge in [0.05, 0.1) is 16.9 Å². The number of rotatable bonds is 2. The number of aromatic nitrogens is 3. The van der Waals surface area contributed by atoms with E-state index in [1.165, 1.54) is 5.56 Å². The molecule has 0 fully saturated rings. The van der Waals surface area contributed by atoms with Gasteiger partial charge in [0.15, 0.2) is 0 Å². The lowest BCUT2D eigenvalue weighted by atomic mass is 10.1. The molecule has 3 heteroatoms. The molecule has 0 atom stereocenters. The van der Waals surface area contributed by atoms with E-state index in [0.29, 0.717) is 0 Å². The zero-order valence-corrected chi connectivity index (χ0v) is 12.2. The van der Waals surface area contributed by atoms with Gasteiger partial charge in [-0.1, -0.05) is 48.0 Å². The third kappa shape index (κ3) is 2.27. The fourth-order valence-corrected chi connectivity index (χ4v) is 2.56. The van der Waals surface area contributed by atoms with Gasteiger partial charge in [0, 0.05) is 17.1 Å². The summed E-state index contributed by atoms with van der Waals surface area (Å²) in [6.45, 7) is 2.09.